The van der Waals surface area contributed by atoms with Crippen LogP contribution in [-0.2, 0) is 21.4 Å². The third kappa shape index (κ3) is 6.54. The molecule has 0 spiro atoms. The molecule has 1 aliphatic rings. The number of benzene rings is 2. The molecule has 0 atom stereocenters. The summed E-state index contributed by atoms with van der Waals surface area (Å²) in [6.45, 7) is 3.97. The molecule has 0 radical (unpaired) electrons. The van der Waals surface area contributed by atoms with Crippen LogP contribution in [0.15, 0.2) is 53.4 Å². The predicted octanol–water partition coefficient (Wildman–Crippen LogP) is 2.31. The van der Waals surface area contributed by atoms with E-state index in [0.29, 0.717) is 37.2 Å². The van der Waals surface area contributed by atoms with Crippen LogP contribution in [0.4, 0.5) is 0 Å². The fourth-order valence-electron chi connectivity index (χ4n) is 3.76. The molecule has 0 aromatic heterocycles. The number of ether oxygens (including phenoxy) is 1. The summed E-state index contributed by atoms with van der Waals surface area (Å²) in [5.41, 5.74) is 1.80. The van der Waals surface area contributed by atoms with E-state index in [9.17, 15) is 13.2 Å². The van der Waals surface area contributed by atoms with Gasteiger partial charge in [0.15, 0.2) is 0 Å². The van der Waals surface area contributed by atoms with E-state index in [4.69, 9.17) is 10.00 Å². The van der Waals surface area contributed by atoms with Crippen LogP contribution in [0.1, 0.15) is 24.0 Å². The van der Waals surface area contributed by atoms with Gasteiger partial charge in [0.2, 0.25) is 15.9 Å². The van der Waals surface area contributed by atoms with Gasteiger partial charge in [0.1, 0.15) is 5.75 Å². The molecule has 9 heteroatoms. The molecule has 0 unspecified atom stereocenters. The van der Waals surface area contributed by atoms with Crippen LogP contribution in [0.2, 0.25) is 0 Å². The number of carbonyl (C=O) groups excluding carboxylic acids is 1. The minimum absolute atomic E-state index is 0.0586. The highest BCUT2D eigenvalue weighted by atomic mass is 32.2. The van der Waals surface area contributed by atoms with Crippen molar-refractivity contribution in [1.29, 1.82) is 5.26 Å². The SMILES string of the molecule is COc1ccc(S(=O)(=O)N(C)CCCC(=O)N2CCN(Cc3ccc(C#N)cc3)CC2)cc1. The summed E-state index contributed by atoms with van der Waals surface area (Å²) in [7, 11) is -0.537. The fraction of sp³-hybridized carbons (Fsp3) is 0.417. The maximum atomic E-state index is 12.7. The standard InChI is InChI=1S/C24H30N4O4S/c1-26(33(30,31)23-11-9-22(32-2)10-12-23)13-3-4-24(29)28-16-14-27(15-17-28)19-21-7-5-20(18-25)6-8-21/h5-12H,3-4,13-17,19H2,1-2H3. The molecule has 176 valence electrons. The van der Waals surface area contributed by atoms with Crippen molar-refractivity contribution in [2.24, 2.45) is 0 Å². The van der Waals surface area contributed by atoms with Crippen molar-refractivity contribution in [1.82, 2.24) is 14.1 Å². The Balaban J connectivity index is 1.41. The Bertz CT molecular complexity index is 1070. The molecule has 8 nitrogen and oxygen atoms in total. The van der Waals surface area contributed by atoms with Gasteiger partial charge in [-0.3, -0.25) is 9.69 Å². The number of carbonyl (C=O) groups is 1. The van der Waals surface area contributed by atoms with Gasteiger partial charge >= 0.3 is 0 Å². The average Bonchev–Trinajstić information content (AvgIpc) is 2.84. The van der Waals surface area contributed by atoms with Crippen LogP contribution in [-0.4, -0.2) is 75.3 Å². The number of nitriles is 1. The molecule has 1 fully saturated rings. The lowest BCUT2D eigenvalue weighted by atomic mass is 10.1. The van der Waals surface area contributed by atoms with E-state index in [1.807, 2.05) is 29.2 Å². The molecule has 2 aromatic rings. The van der Waals surface area contributed by atoms with Gasteiger partial charge in [0.25, 0.3) is 0 Å². The van der Waals surface area contributed by atoms with Crippen molar-refractivity contribution < 1.29 is 17.9 Å². The van der Waals surface area contributed by atoms with Crippen molar-refractivity contribution in [3.05, 3.63) is 59.7 Å². The molecule has 0 N–H and O–H groups in total. The van der Waals surface area contributed by atoms with E-state index in [-0.39, 0.29) is 17.3 Å². The Morgan fingerprint density at radius 3 is 2.27 bits per heavy atom. The van der Waals surface area contributed by atoms with Crippen LogP contribution < -0.4 is 4.74 Å². The zero-order valence-corrected chi connectivity index (χ0v) is 19.9. The number of hydrogen-bond donors (Lipinski definition) is 0. The summed E-state index contributed by atoms with van der Waals surface area (Å²) in [4.78, 5) is 17.0. The maximum Gasteiger partial charge on any atom is 0.242 e. The molecule has 0 saturated carbocycles. The Hall–Kier alpha value is -2.93. The first-order chi connectivity index (χ1) is 15.8. The van der Waals surface area contributed by atoms with E-state index >= 15 is 0 Å². The zero-order chi connectivity index (χ0) is 23.8. The van der Waals surface area contributed by atoms with Crippen LogP contribution in [0.5, 0.6) is 5.75 Å². The number of rotatable bonds is 9. The average molecular weight is 471 g/mol. The fourth-order valence-corrected chi connectivity index (χ4v) is 4.97. The molecular formula is C24H30N4O4S. The molecular weight excluding hydrogens is 440 g/mol. The van der Waals surface area contributed by atoms with E-state index < -0.39 is 10.0 Å². The van der Waals surface area contributed by atoms with Crippen LogP contribution in [0, 0.1) is 11.3 Å². The Kier molecular flexibility index (Phi) is 8.44. The highest BCUT2D eigenvalue weighted by Crippen LogP contribution is 2.19. The topological polar surface area (TPSA) is 93.9 Å². The zero-order valence-electron chi connectivity index (χ0n) is 19.1. The van der Waals surface area contributed by atoms with Gasteiger partial charge in [-0.2, -0.15) is 5.26 Å². The lowest BCUT2D eigenvalue weighted by Gasteiger charge is -2.35. The second-order valence-electron chi connectivity index (χ2n) is 8.07. The van der Waals surface area contributed by atoms with Crippen molar-refractivity contribution in [2.75, 3.05) is 46.9 Å². The van der Waals surface area contributed by atoms with Crippen molar-refractivity contribution in [3.8, 4) is 11.8 Å². The van der Waals surface area contributed by atoms with E-state index in [1.54, 1.807) is 12.1 Å². The summed E-state index contributed by atoms with van der Waals surface area (Å²) in [5, 5.41) is 8.90. The first-order valence-corrected chi connectivity index (χ1v) is 12.4. The number of amides is 1. The van der Waals surface area contributed by atoms with E-state index in [1.165, 1.54) is 30.6 Å². The number of hydrogen-bond acceptors (Lipinski definition) is 6. The van der Waals surface area contributed by atoms with Gasteiger partial charge in [-0.1, -0.05) is 12.1 Å². The lowest BCUT2D eigenvalue weighted by molar-refractivity contribution is -0.133. The summed E-state index contributed by atoms with van der Waals surface area (Å²) in [5.74, 6) is 0.655. The van der Waals surface area contributed by atoms with Gasteiger partial charge in [-0.05, 0) is 48.4 Å². The largest absolute Gasteiger partial charge is 0.497 e. The Labute approximate surface area is 196 Å². The third-order valence-corrected chi connectivity index (χ3v) is 7.72. The molecule has 0 bridgehead atoms. The highest BCUT2D eigenvalue weighted by molar-refractivity contribution is 7.89. The Morgan fingerprint density at radius 1 is 1.06 bits per heavy atom. The molecule has 1 heterocycles. The molecule has 3 rings (SSSR count). The predicted molar refractivity (Wildman–Crippen MR) is 125 cm³/mol. The van der Waals surface area contributed by atoms with Gasteiger partial charge in [-0.15, -0.1) is 0 Å². The monoisotopic (exact) mass is 470 g/mol. The Morgan fingerprint density at radius 2 is 1.70 bits per heavy atom. The molecule has 1 amide bonds. The van der Waals surface area contributed by atoms with Gasteiger partial charge in [0, 0.05) is 52.7 Å². The highest BCUT2D eigenvalue weighted by Gasteiger charge is 2.23. The first kappa shape index (κ1) is 24.7. The van der Waals surface area contributed by atoms with Gasteiger partial charge in [0.05, 0.1) is 23.6 Å². The number of nitrogens with zero attached hydrogens (tertiary/aromatic N) is 4. The molecule has 2 aromatic carbocycles. The second kappa shape index (κ2) is 11.3. The number of sulfonamides is 1. The molecule has 1 aliphatic heterocycles. The lowest BCUT2D eigenvalue weighted by Crippen LogP contribution is -2.48. The maximum absolute atomic E-state index is 12.7. The quantitative estimate of drug-likeness (QED) is 0.558. The first-order valence-electron chi connectivity index (χ1n) is 10.9. The van der Waals surface area contributed by atoms with Gasteiger partial charge < -0.3 is 9.64 Å². The van der Waals surface area contributed by atoms with Crippen molar-refractivity contribution in [3.63, 3.8) is 0 Å². The molecule has 1 saturated heterocycles. The summed E-state index contributed by atoms with van der Waals surface area (Å²) in [6.07, 6.45) is 0.786. The second-order valence-corrected chi connectivity index (χ2v) is 10.1. The van der Waals surface area contributed by atoms with Crippen molar-refractivity contribution in [2.45, 2.75) is 24.3 Å². The summed E-state index contributed by atoms with van der Waals surface area (Å²) < 4.78 is 31.8. The number of methoxy groups -OCH3 is 1. The molecule has 0 aliphatic carbocycles. The van der Waals surface area contributed by atoms with Crippen LogP contribution >= 0.6 is 0 Å². The number of piperazine rings is 1. The minimum atomic E-state index is -3.60. The van der Waals surface area contributed by atoms with E-state index in [0.717, 1.165) is 25.2 Å². The minimum Gasteiger partial charge on any atom is -0.497 e. The smallest absolute Gasteiger partial charge is 0.242 e. The molecule has 33 heavy (non-hydrogen) atoms. The van der Waals surface area contributed by atoms with Crippen molar-refractivity contribution >= 4 is 15.9 Å². The van der Waals surface area contributed by atoms with Crippen LogP contribution in [0.3, 0.4) is 0 Å². The summed E-state index contributed by atoms with van der Waals surface area (Å²) >= 11 is 0. The van der Waals surface area contributed by atoms with Crippen LogP contribution in [0.25, 0.3) is 0 Å². The van der Waals surface area contributed by atoms with Gasteiger partial charge in [-0.25, -0.2) is 12.7 Å². The third-order valence-electron chi connectivity index (χ3n) is 5.85. The normalized spacial score (nSPS) is 14.8. The van der Waals surface area contributed by atoms with E-state index in [2.05, 4.69) is 11.0 Å². The summed E-state index contributed by atoms with van der Waals surface area (Å²) in [6, 6.07) is 16.0.